The van der Waals surface area contributed by atoms with Crippen molar-refractivity contribution in [2.45, 2.75) is 6.54 Å². The molecule has 1 amide bonds. The van der Waals surface area contributed by atoms with Gasteiger partial charge in [0, 0.05) is 29.8 Å². The van der Waals surface area contributed by atoms with Crippen LogP contribution in [0.15, 0.2) is 59.4 Å². The number of carbonyl (C=O) groups excluding carboxylic acids is 1. The largest absolute Gasteiger partial charge is 0.378 e. The van der Waals surface area contributed by atoms with Crippen molar-refractivity contribution in [2.24, 2.45) is 0 Å². The molecule has 152 valence electrons. The molecule has 7 nitrogen and oxygen atoms in total. The number of nitrogens with zero attached hydrogens (tertiary/aromatic N) is 4. The lowest BCUT2D eigenvalue weighted by molar-refractivity contribution is -0.116. The maximum atomic E-state index is 12.8. The molecule has 0 unspecified atom stereocenters. The summed E-state index contributed by atoms with van der Waals surface area (Å²) in [4.78, 5) is 24.2. The summed E-state index contributed by atoms with van der Waals surface area (Å²) >= 11 is 1.51. The first kappa shape index (κ1) is 18.8. The Balaban J connectivity index is 1.34. The average Bonchev–Trinajstić information content (AvgIpc) is 3.43. The number of fused-ring (bicyclic) bond motifs is 1. The zero-order chi connectivity index (χ0) is 20.3. The summed E-state index contributed by atoms with van der Waals surface area (Å²) in [6, 6.07) is 15.8. The molecule has 5 rings (SSSR count). The number of nitrogens with one attached hydrogen (secondary N) is 1. The fraction of sp³-hybridized carbons (Fsp3) is 0.227. The van der Waals surface area contributed by atoms with Gasteiger partial charge in [-0.2, -0.15) is 0 Å². The van der Waals surface area contributed by atoms with E-state index in [0.29, 0.717) is 5.82 Å². The molecule has 0 aliphatic carbocycles. The van der Waals surface area contributed by atoms with Crippen molar-refractivity contribution in [1.82, 2.24) is 14.5 Å². The molecule has 1 N–H and O–H groups in total. The van der Waals surface area contributed by atoms with E-state index in [1.807, 2.05) is 58.5 Å². The Morgan fingerprint density at radius 2 is 1.90 bits per heavy atom. The molecule has 3 heterocycles. The van der Waals surface area contributed by atoms with E-state index in [1.165, 1.54) is 11.3 Å². The van der Waals surface area contributed by atoms with Crippen LogP contribution in [-0.4, -0.2) is 46.7 Å². The Kier molecular flexibility index (Phi) is 5.17. The Bertz CT molecular complexity index is 1150. The number of rotatable bonds is 5. The van der Waals surface area contributed by atoms with Crippen LogP contribution >= 0.6 is 11.3 Å². The maximum absolute atomic E-state index is 12.8. The first-order valence-corrected chi connectivity index (χ1v) is 10.8. The maximum Gasteiger partial charge on any atom is 0.244 e. The number of aromatic nitrogens is 3. The van der Waals surface area contributed by atoms with E-state index in [4.69, 9.17) is 4.74 Å². The van der Waals surface area contributed by atoms with Crippen molar-refractivity contribution in [3.8, 4) is 11.5 Å². The summed E-state index contributed by atoms with van der Waals surface area (Å²) in [7, 11) is 0. The molecule has 2 aromatic heterocycles. The van der Waals surface area contributed by atoms with Crippen LogP contribution in [0.4, 0.5) is 11.4 Å². The van der Waals surface area contributed by atoms with Crippen LogP contribution in [0.1, 0.15) is 0 Å². The van der Waals surface area contributed by atoms with Crippen molar-refractivity contribution in [3.63, 3.8) is 0 Å². The minimum atomic E-state index is -0.103. The number of benzene rings is 2. The Morgan fingerprint density at radius 3 is 2.67 bits per heavy atom. The monoisotopic (exact) mass is 419 g/mol. The quantitative estimate of drug-likeness (QED) is 0.535. The van der Waals surface area contributed by atoms with Gasteiger partial charge in [-0.15, -0.1) is 11.3 Å². The first-order valence-electron chi connectivity index (χ1n) is 9.84. The number of carbonyl (C=O) groups is 1. The lowest BCUT2D eigenvalue weighted by Crippen LogP contribution is -2.36. The molecule has 2 aromatic carbocycles. The van der Waals surface area contributed by atoms with E-state index in [1.54, 1.807) is 5.51 Å². The molecule has 1 aliphatic rings. The van der Waals surface area contributed by atoms with Gasteiger partial charge in [0.25, 0.3) is 0 Å². The molecule has 1 fully saturated rings. The Labute approximate surface area is 177 Å². The molecular weight excluding hydrogens is 398 g/mol. The van der Waals surface area contributed by atoms with Crippen LogP contribution in [-0.2, 0) is 16.1 Å². The molecule has 8 heteroatoms. The molecule has 0 saturated carbocycles. The summed E-state index contributed by atoms with van der Waals surface area (Å²) in [5.41, 5.74) is 6.23. The van der Waals surface area contributed by atoms with Gasteiger partial charge in [-0.05, 0) is 36.4 Å². The third kappa shape index (κ3) is 3.79. The van der Waals surface area contributed by atoms with Gasteiger partial charge in [0.1, 0.15) is 12.2 Å². The number of hydrogen-bond donors (Lipinski definition) is 1. The molecule has 0 radical (unpaired) electrons. The van der Waals surface area contributed by atoms with Crippen molar-refractivity contribution < 1.29 is 9.53 Å². The van der Waals surface area contributed by atoms with Crippen LogP contribution in [0, 0.1) is 0 Å². The molecule has 4 aromatic rings. The fourth-order valence-corrected chi connectivity index (χ4v) is 4.21. The summed E-state index contributed by atoms with van der Waals surface area (Å²) in [6.07, 6.45) is 0. The fourth-order valence-electron chi connectivity index (χ4n) is 3.68. The predicted octanol–water partition coefficient (Wildman–Crippen LogP) is 3.64. The highest BCUT2D eigenvalue weighted by Gasteiger charge is 2.17. The van der Waals surface area contributed by atoms with E-state index in [-0.39, 0.29) is 12.5 Å². The van der Waals surface area contributed by atoms with Crippen LogP contribution in [0.5, 0.6) is 0 Å². The highest BCUT2D eigenvalue weighted by Crippen LogP contribution is 2.25. The Morgan fingerprint density at radius 1 is 1.10 bits per heavy atom. The third-order valence-corrected chi connectivity index (χ3v) is 5.73. The van der Waals surface area contributed by atoms with E-state index in [0.717, 1.165) is 54.4 Å². The minimum absolute atomic E-state index is 0.103. The number of morpholine rings is 1. The third-order valence-electron chi connectivity index (χ3n) is 5.14. The SMILES string of the molecule is O=C(Cn1c(-c2cscn2)nc2ccccc21)Nc1ccc(N2CCOCC2)cc1. The second-order valence-electron chi connectivity index (χ2n) is 7.08. The van der Waals surface area contributed by atoms with Gasteiger partial charge in [-0.1, -0.05) is 12.1 Å². The van der Waals surface area contributed by atoms with Gasteiger partial charge in [-0.25, -0.2) is 9.97 Å². The van der Waals surface area contributed by atoms with Gasteiger partial charge in [0.15, 0.2) is 5.82 Å². The number of anilines is 2. The van der Waals surface area contributed by atoms with Gasteiger partial charge >= 0.3 is 0 Å². The number of thiazole rings is 1. The van der Waals surface area contributed by atoms with Crippen LogP contribution in [0.3, 0.4) is 0 Å². The van der Waals surface area contributed by atoms with Gasteiger partial charge in [0.2, 0.25) is 5.91 Å². The van der Waals surface area contributed by atoms with Crippen LogP contribution in [0.2, 0.25) is 0 Å². The lowest BCUT2D eigenvalue weighted by atomic mass is 10.2. The van der Waals surface area contributed by atoms with E-state index in [2.05, 4.69) is 20.2 Å². The molecule has 0 bridgehead atoms. The number of para-hydroxylation sites is 2. The van der Waals surface area contributed by atoms with Crippen LogP contribution < -0.4 is 10.2 Å². The normalized spacial score (nSPS) is 14.2. The van der Waals surface area contributed by atoms with E-state index in [9.17, 15) is 4.79 Å². The van der Waals surface area contributed by atoms with Crippen molar-refractivity contribution >= 4 is 39.7 Å². The molecule has 0 atom stereocenters. The standard InChI is InChI=1S/C22H21N5O2S/c28-21(24-16-5-7-17(8-6-16)26-9-11-29-12-10-26)13-27-20-4-2-1-3-18(20)25-22(27)19-14-30-15-23-19/h1-8,14-15H,9-13H2,(H,24,28). The number of hydrogen-bond acceptors (Lipinski definition) is 6. The summed E-state index contributed by atoms with van der Waals surface area (Å²) in [5.74, 6) is 0.601. The van der Waals surface area contributed by atoms with Crippen LogP contribution in [0.25, 0.3) is 22.6 Å². The number of imidazole rings is 1. The number of ether oxygens (including phenoxy) is 1. The molecular formula is C22H21N5O2S. The van der Waals surface area contributed by atoms with Crippen molar-refractivity contribution in [1.29, 1.82) is 0 Å². The molecule has 1 aliphatic heterocycles. The van der Waals surface area contributed by atoms with Crippen molar-refractivity contribution in [2.75, 3.05) is 36.5 Å². The van der Waals surface area contributed by atoms with Crippen molar-refractivity contribution in [3.05, 3.63) is 59.4 Å². The zero-order valence-electron chi connectivity index (χ0n) is 16.3. The summed E-state index contributed by atoms with van der Waals surface area (Å²) < 4.78 is 7.32. The Hall–Kier alpha value is -3.23. The second-order valence-corrected chi connectivity index (χ2v) is 7.80. The highest BCUT2D eigenvalue weighted by atomic mass is 32.1. The number of amides is 1. The zero-order valence-corrected chi connectivity index (χ0v) is 17.1. The van der Waals surface area contributed by atoms with E-state index >= 15 is 0 Å². The topological polar surface area (TPSA) is 72.3 Å². The lowest BCUT2D eigenvalue weighted by Gasteiger charge is -2.28. The predicted molar refractivity (Wildman–Crippen MR) is 119 cm³/mol. The summed E-state index contributed by atoms with van der Waals surface area (Å²) in [5, 5.41) is 4.94. The van der Waals surface area contributed by atoms with Gasteiger partial charge in [0.05, 0.1) is 29.8 Å². The smallest absolute Gasteiger partial charge is 0.244 e. The summed E-state index contributed by atoms with van der Waals surface area (Å²) in [6.45, 7) is 3.44. The highest BCUT2D eigenvalue weighted by molar-refractivity contribution is 7.07. The average molecular weight is 420 g/mol. The van der Waals surface area contributed by atoms with Gasteiger partial charge in [-0.3, -0.25) is 4.79 Å². The molecule has 0 spiro atoms. The van der Waals surface area contributed by atoms with E-state index < -0.39 is 0 Å². The molecule has 30 heavy (non-hydrogen) atoms. The van der Waals surface area contributed by atoms with Gasteiger partial charge < -0.3 is 19.5 Å². The molecule has 1 saturated heterocycles. The second kappa shape index (κ2) is 8.25. The minimum Gasteiger partial charge on any atom is -0.378 e. The first-order chi connectivity index (χ1) is 14.8.